The summed E-state index contributed by atoms with van der Waals surface area (Å²) in [5.74, 6) is 1.84. The number of amides is 1. The maximum atomic E-state index is 13.7. The fourth-order valence-corrected chi connectivity index (χ4v) is 5.75. The molecule has 3 N–H and O–H groups in total. The van der Waals surface area contributed by atoms with Crippen LogP contribution in [0, 0.1) is 17.8 Å². The number of nitrogens with zero attached hydrogens (tertiary/aromatic N) is 2. The van der Waals surface area contributed by atoms with E-state index in [9.17, 15) is 9.90 Å². The fraction of sp³-hybridized carbons (Fsp3) is 0.913. The van der Waals surface area contributed by atoms with E-state index in [1.165, 1.54) is 64.2 Å². The lowest BCUT2D eigenvalue weighted by molar-refractivity contribution is -0.135. The Balaban J connectivity index is 1.79. The van der Waals surface area contributed by atoms with E-state index < -0.39 is 5.54 Å². The van der Waals surface area contributed by atoms with E-state index in [1.54, 1.807) is 4.90 Å². The standard InChI is InChI=1S/C23H41N3O2/c1-17(2)20(16-27)26-21(28)23(25-22(26)24,15-19-11-7-4-8-12-19)14-13-18-9-5-3-6-10-18/h17-20,27H,3-16H2,1-2H3,(H2,24,25). The van der Waals surface area contributed by atoms with Gasteiger partial charge in [-0.15, -0.1) is 0 Å². The quantitative estimate of drug-likeness (QED) is 0.650. The highest BCUT2D eigenvalue weighted by Crippen LogP contribution is 2.41. The average molecular weight is 392 g/mol. The van der Waals surface area contributed by atoms with Crippen molar-refractivity contribution in [3.63, 3.8) is 0 Å². The molecule has 1 amide bonds. The average Bonchev–Trinajstić information content (AvgIpc) is 2.93. The van der Waals surface area contributed by atoms with Crippen molar-refractivity contribution in [3.05, 3.63) is 0 Å². The SMILES string of the molecule is CC(C)C(CO)N1C(=O)C(CCC2CCCCC2)(CC2CCCCC2)N=C1N. The van der Waals surface area contributed by atoms with Gasteiger partial charge in [0.05, 0.1) is 12.6 Å². The predicted molar refractivity (Wildman–Crippen MR) is 114 cm³/mol. The van der Waals surface area contributed by atoms with Crippen LogP contribution in [0.5, 0.6) is 0 Å². The number of guanidine groups is 1. The van der Waals surface area contributed by atoms with Crippen molar-refractivity contribution in [3.8, 4) is 0 Å². The molecule has 28 heavy (non-hydrogen) atoms. The molecule has 1 heterocycles. The summed E-state index contributed by atoms with van der Waals surface area (Å²) in [7, 11) is 0. The molecule has 0 aromatic carbocycles. The van der Waals surface area contributed by atoms with Gasteiger partial charge in [0.25, 0.3) is 5.91 Å². The van der Waals surface area contributed by atoms with Gasteiger partial charge in [0, 0.05) is 0 Å². The molecule has 1 aliphatic heterocycles. The van der Waals surface area contributed by atoms with Crippen LogP contribution in [0.2, 0.25) is 0 Å². The minimum atomic E-state index is -0.689. The molecule has 0 saturated heterocycles. The number of carbonyl (C=O) groups is 1. The molecule has 5 nitrogen and oxygen atoms in total. The summed E-state index contributed by atoms with van der Waals surface area (Å²) in [6.45, 7) is 4.00. The molecule has 3 rings (SSSR count). The van der Waals surface area contributed by atoms with Gasteiger partial charge in [-0.25, -0.2) is 4.99 Å². The molecule has 2 atom stereocenters. The van der Waals surface area contributed by atoms with Crippen molar-refractivity contribution in [2.45, 2.75) is 109 Å². The van der Waals surface area contributed by atoms with Gasteiger partial charge < -0.3 is 10.8 Å². The highest BCUT2D eigenvalue weighted by atomic mass is 16.3. The van der Waals surface area contributed by atoms with Crippen LogP contribution < -0.4 is 5.73 Å². The number of nitrogens with two attached hydrogens (primary N) is 1. The smallest absolute Gasteiger partial charge is 0.257 e. The van der Waals surface area contributed by atoms with E-state index in [-0.39, 0.29) is 24.5 Å². The summed E-state index contributed by atoms with van der Waals surface area (Å²) in [4.78, 5) is 20.2. The summed E-state index contributed by atoms with van der Waals surface area (Å²) in [5, 5.41) is 9.91. The van der Waals surface area contributed by atoms with Crippen LogP contribution in [0.25, 0.3) is 0 Å². The first-order chi connectivity index (χ1) is 13.5. The first kappa shape index (κ1) is 21.6. The Hall–Kier alpha value is -1.10. The van der Waals surface area contributed by atoms with E-state index in [0.717, 1.165) is 25.2 Å². The van der Waals surface area contributed by atoms with Crippen LogP contribution >= 0.6 is 0 Å². The second kappa shape index (κ2) is 9.60. The van der Waals surface area contributed by atoms with Crippen molar-refractivity contribution >= 4 is 11.9 Å². The van der Waals surface area contributed by atoms with Crippen LogP contribution in [0.3, 0.4) is 0 Å². The number of carbonyl (C=O) groups excluding carboxylic acids is 1. The van der Waals surface area contributed by atoms with Crippen molar-refractivity contribution in [1.82, 2.24) is 4.90 Å². The molecule has 0 aromatic heterocycles. The normalized spacial score (nSPS) is 28.8. The maximum Gasteiger partial charge on any atom is 0.257 e. The summed E-state index contributed by atoms with van der Waals surface area (Å²) < 4.78 is 0. The third-order valence-electron chi connectivity index (χ3n) is 7.52. The Morgan fingerprint density at radius 2 is 1.64 bits per heavy atom. The van der Waals surface area contributed by atoms with E-state index in [2.05, 4.69) is 0 Å². The van der Waals surface area contributed by atoms with Gasteiger partial charge in [0.15, 0.2) is 5.96 Å². The van der Waals surface area contributed by atoms with E-state index in [0.29, 0.717) is 11.9 Å². The van der Waals surface area contributed by atoms with Gasteiger partial charge >= 0.3 is 0 Å². The summed E-state index contributed by atoms with van der Waals surface area (Å²) >= 11 is 0. The lowest BCUT2D eigenvalue weighted by atomic mass is 9.75. The van der Waals surface area contributed by atoms with Crippen molar-refractivity contribution < 1.29 is 9.90 Å². The molecule has 2 fully saturated rings. The topological polar surface area (TPSA) is 78.9 Å². The molecule has 0 aromatic rings. The van der Waals surface area contributed by atoms with Gasteiger partial charge in [-0.3, -0.25) is 9.69 Å². The van der Waals surface area contributed by atoms with Gasteiger partial charge in [-0.05, 0) is 37.0 Å². The minimum absolute atomic E-state index is 0.0548. The van der Waals surface area contributed by atoms with Crippen molar-refractivity contribution in [2.24, 2.45) is 28.5 Å². The molecule has 3 aliphatic rings. The summed E-state index contributed by atoms with van der Waals surface area (Å²) in [5.41, 5.74) is 5.63. The van der Waals surface area contributed by atoms with Crippen molar-refractivity contribution in [1.29, 1.82) is 0 Å². The van der Waals surface area contributed by atoms with E-state index in [4.69, 9.17) is 10.7 Å². The second-order valence-electron chi connectivity index (χ2n) is 9.92. The molecule has 2 unspecified atom stereocenters. The number of aliphatic hydroxyl groups is 1. The fourth-order valence-electron chi connectivity index (χ4n) is 5.75. The maximum absolute atomic E-state index is 13.7. The zero-order chi connectivity index (χ0) is 20.1. The Morgan fingerprint density at radius 3 is 2.18 bits per heavy atom. The zero-order valence-corrected chi connectivity index (χ0v) is 18.0. The molecule has 2 aliphatic carbocycles. The third kappa shape index (κ3) is 4.72. The molecule has 0 bridgehead atoms. The number of aliphatic hydroxyl groups excluding tert-OH is 1. The number of rotatable bonds is 8. The predicted octanol–water partition coefficient (Wildman–Crippen LogP) is 4.23. The second-order valence-corrected chi connectivity index (χ2v) is 9.92. The number of hydrogen-bond donors (Lipinski definition) is 2. The number of aliphatic imine (C=N–C) groups is 1. The largest absolute Gasteiger partial charge is 0.394 e. The Morgan fingerprint density at radius 1 is 1.07 bits per heavy atom. The van der Waals surface area contributed by atoms with Crippen LogP contribution in [-0.2, 0) is 4.79 Å². The molecular weight excluding hydrogens is 350 g/mol. The first-order valence-electron chi connectivity index (χ1n) is 11.8. The van der Waals surface area contributed by atoms with Crippen LogP contribution in [0.15, 0.2) is 4.99 Å². The van der Waals surface area contributed by atoms with E-state index in [1.807, 2.05) is 13.8 Å². The van der Waals surface area contributed by atoms with Gasteiger partial charge in [-0.2, -0.15) is 0 Å². The summed E-state index contributed by atoms with van der Waals surface area (Å²) in [6.07, 6.45) is 15.6. The lowest BCUT2D eigenvalue weighted by Crippen LogP contribution is -2.53. The highest BCUT2D eigenvalue weighted by Gasteiger charge is 2.50. The first-order valence-corrected chi connectivity index (χ1v) is 11.8. The molecule has 0 spiro atoms. The summed E-state index contributed by atoms with van der Waals surface area (Å²) in [6, 6.07) is -0.279. The molecule has 5 heteroatoms. The highest BCUT2D eigenvalue weighted by molar-refractivity contribution is 6.07. The molecule has 2 saturated carbocycles. The Bertz CT molecular complexity index is 550. The number of hydrogen-bond acceptors (Lipinski definition) is 4. The molecule has 0 radical (unpaired) electrons. The third-order valence-corrected chi connectivity index (χ3v) is 7.52. The van der Waals surface area contributed by atoms with Crippen molar-refractivity contribution in [2.75, 3.05) is 6.61 Å². The molecular formula is C23H41N3O2. The molecule has 160 valence electrons. The van der Waals surface area contributed by atoms with E-state index >= 15 is 0 Å². The monoisotopic (exact) mass is 391 g/mol. The zero-order valence-electron chi connectivity index (χ0n) is 18.0. The van der Waals surface area contributed by atoms with Gasteiger partial charge in [-0.1, -0.05) is 78.1 Å². The van der Waals surface area contributed by atoms with Crippen LogP contribution in [-0.4, -0.2) is 40.1 Å². The van der Waals surface area contributed by atoms with Gasteiger partial charge in [0.1, 0.15) is 5.54 Å². The minimum Gasteiger partial charge on any atom is -0.394 e. The Labute approximate surface area is 171 Å². The van der Waals surface area contributed by atoms with Crippen LogP contribution in [0.4, 0.5) is 0 Å². The lowest BCUT2D eigenvalue weighted by Gasteiger charge is -2.35. The van der Waals surface area contributed by atoms with Gasteiger partial charge in [0.2, 0.25) is 0 Å². The Kier molecular flexibility index (Phi) is 7.41. The van der Waals surface area contributed by atoms with Crippen LogP contribution in [0.1, 0.15) is 97.3 Å².